The number of sulfone groups is 1. The third-order valence-corrected chi connectivity index (χ3v) is 4.50. The van der Waals surface area contributed by atoms with Crippen LogP contribution >= 0.6 is 0 Å². The first-order valence-corrected chi connectivity index (χ1v) is 7.91. The molecule has 0 aliphatic rings. The maximum absolute atomic E-state index is 12.2. The first-order valence-electron chi connectivity index (χ1n) is 6.26. The Labute approximate surface area is 123 Å². The molecule has 0 fully saturated rings. The molecule has 7 heteroatoms. The van der Waals surface area contributed by atoms with Crippen LogP contribution in [0.5, 0.6) is 0 Å². The van der Waals surface area contributed by atoms with Gasteiger partial charge in [-0.15, -0.1) is 0 Å². The van der Waals surface area contributed by atoms with E-state index in [4.69, 9.17) is 20.3 Å². The van der Waals surface area contributed by atoms with Crippen molar-refractivity contribution >= 4 is 15.7 Å². The lowest BCUT2D eigenvalue weighted by Gasteiger charge is -2.06. The van der Waals surface area contributed by atoms with Crippen LogP contribution in [0.2, 0.25) is 0 Å². The number of nitrogen functional groups attached to an aromatic ring is 1. The van der Waals surface area contributed by atoms with E-state index in [1.807, 2.05) is 0 Å². The fraction of sp³-hybridized carbons (Fsp3) is 0.214. The molecule has 1 aromatic heterocycles. The van der Waals surface area contributed by atoms with Crippen LogP contribution in [-0.2, 0) is 21.2 Å². The van der Waals surface area contributed by atoms with Gasteiger partial charge in [0, 0.05) is 5.56 Å². The Bertz CT molecular complexity index is 708. The maximum Gasteiger partial charge on any atom is 0.180 e. The van der Waals surface area contributed by atoms with Gasteiger partial charge in [-0.05, 0) is 24.3 Å². The number of amidine groups is 1. The zero-order chi connectivity index (χ0) is 15.3. The zero-order valence-corrected chi connectivity index (χ0v) is 12.1. The average molecular weight is 308 g/mol. The lowest BCUT2D eigenvalue weighted by molar-refractivity contribution is 0.119. The van der Waals surface area contributed by atoms with Crippen LogP contribution < -0.4 is 5.73 Å². The fourth-order valence-electron chi connectivity index (χ4n) is 1.71. The van der Waals surface area contributed by atoms with Crippen LogP contribution in [0.1, 0.15) is 11.3 Å². The normalized spacial score (nSPS) is 11.4. The van der Waals surface area contributed by atoms with Crippen molar-refractivity contribution in [2.24, 2.45) is 5.73 Å². The molecule has 6 nitrogen and oxygen atoms in total. The Hall–Kier alpha value is -2.12. The van der Waals surface area contributed by atoms with Crippen LogP contribution in [-0.4, -0.2) is 26.6 Å². The van der Waals surface area contributed by atoms with E-state index in [0.29, 0.717) is 11.3 Å². The summed E-state index contributed by atoms with van der Waals surface area (Å²) in [4.78, 5) is 0.136. The lowest BCUT2D eigenvalue weighted by Crippen LogP contribution is -2.15. The molecule has 1 heterocycles. The van der Waals surface area contributed by atoms with E-state index in [2.05, 4.69) is 0 Å². The summed E-state index contributed by atoms with van der Waals surface area (Å²) in [6, 6.07) is 9.52. The van der Waals surface area contributed by atoms with Gasteiger partial charge in [-0.25, -0.2) is 8.42 Å². The predicted octanol–water partition coefficient (Wildman–Crippen LogP) is 1.55. The summed E-state index contributed by atoms with van der Waals surface area (Å²) in [7, 11) is -3.47. The van der Waals surface area contributed by atoms with Gasteiger partial charge in [0.1, 0.15) is 18.2 Å². The van der Waals surface area contributed by atoms with Crippen molar-refractivity contribution in [2.75, 3.05) is 12.4 Å². The Morgan fingerprint density at radius 2 is 2.10 bits per heavy atom. The summed E-state index contributed by atoms with van der Waals surface area (Å²) in [5.41, 5.74) is 5.74. The largest absolute Gasteiger partial charge is 0.467 e. The van der Waals surface area contributed by atoms with E-state index in [-0.39, 0.29) is 29.7 Å². The van der Waals surface area contributed by atoms with Gasteiger partial charge in [0.15, 0.2) is 9.84 Å². The fourth-order valence-corrected chi connectivity index (χ4v) is 2.88. The molecular weight excluding hydrogens is 292 g/mol. The highest BCUT2D eigenvalue weighted by Crippen LogP contribution is 2.13. The highest BCUT2D eigenvalue weighted by Gasteiger charge is 2.15. The number of benzene rings is 1. The first-order chi connectivity index (χ1) is 9.99. The second kappa shape index (κ2) is 6.55. The topological polar surface area (TPSA) is 106 Å². The molecule has 2 aromatic rings. The van der Waals surface area contributed by atoms with E-state index in [0.717, 1.165) is 0 Å². The predicted molar refractivity (Wildman–Crippen MR) is 77.9 cm³/mol. The third kappa shape index (κ3) is 4.17. The van der Waals surface area contributed by atoms with Gasteiger partial charge in [-0.3, -0.25) is 5.41 Å². The number of hydrogen-bond donors (Lipinski definition) is 2. The third-order valence-electron chi connectivity index (χ3n) is 2.82. The van der Waals surface area contributed by atoms with Crippen LogP contribution in [0.4, 0.5) is 0 Å². The number of rotatable bonds is 7. The van der Waals surface area contributed by atoms with Gasteiger partial charge in [-0.2, -0.15) is 0 Å². The molecule has 0 unspecified atom stereocenters. The van der Waals surface area contributed by atoms with E-state index in [9.17, 15) is 8.42 Å². The first kappa shape index (κ1) is 15.3. The maximum atomic E-state index is 12.2. The van der Waals surface area contributed by atoms with Crippen molar-refractivity contribution in [3.8, 4) is 0 Å². The van der Waals surface area contributed by atoms with Gasteiger partial charge in [-0.1, -0.05) is 12.1 Å². The minimum atomic E-state index is -3.47. The zero-order valence-electron chi connectivity index (χ0n) is 11.3. The van der Waals surface area contributed by atoms with E-state index >= 15 is 0 Å². The van der Waals surface area contributed by atoms with Gasteiger partial charge < -0.3 is 14.9 Å². The number of furan rings is 1. The van der Waals surface area contributed by atoms with Crippen molar-refractivity contribution in [3.63, 3.8) is 0 Å². The summed E-state index contributed by atoms with van der Waals surface area (Å²) >= 11 is 0. The molecule has 0 atom stereocenters. The summed E-state index contributed by atoms with van der Waals surface area (Å²) in [5.74, 6) is 0.335. The molecule has 1 aromatic carbocycles. The minimum Gasteiger partial charge on any atom is -0.467 e. The molecule has 0 amide bonds. The van der Waals surface area contributed by atoms with Crippen molar-refractivity contribution < 1.29 is 17.6 Å². The highest BCUT2D eigenvalue weighted by atomic mass is 32.2. The van der Waals surface area contributed by atoms with Crippen LogP contribution in [0.25, 0.3) is 0 Å². The molecule has 3 N–H and O–H groups in total. The molecule has 21 heavy (non-hydrogen) atoms. The summed E-state index contributed by atoms with van der Waals surface area (Å²) in [5, 5.41) is 7.33. The molecular formula is C14H16N2O4S. The van der Waals surface area contributed by atoms with Gasteiger partial charge in [0.25, 0.3) is 0 Å². The SMILES string of the molecule is N=C(N)c1cccc(S(=O)(=O)CCOCc2ccco2)c1. The van der Waals surface area contributed by atoms with Crippen LogP contribution in [0.15, 0.2) is 52.0 Å². The Kier molecular flexibility index (Phi) is 4.77. The summed E-state index contributed by atoms with van der Waals surface area (Å²) < 4.78 is 34.7. The molecule has 0 saturated carbocycles. The van der Waals surface area contributed by atoms with Crippen LogP contribution in [0.3, 0.4) is 0 Å². The van der Waals surface area contributed by atoms with Gasteiger partial charge >= 0.3 is 0 Å². The van der Waals surface area contributed by atoms with E-state index < -0.39 is 9.84 Å². The number of nitrogens with one attached hydrogen (secondary N) is 1. The van der Waals surface area contributed by atoms with Crippen molar-refractivity contribution in [3.05, 3.63) is 54.0 Å². The molecule has 0 saturated heterocycles. The minimum absolute atomic E-state index is 0.0628. The standard InChI is InChI=1S/C14H16N2O4S/c15-14(16)11-3-1-5-13(9-11)21(17,18)8-7-19-10-12-4-2-6-20-12/h1-6,9H,7-8,10H2,(H3,15,16). The Morgan fingerprint density at radius 1 is 1.29 bits per heavy atom. The smallest absolute Gasteiger partial charge is 0.180 e. The van der Waals surface area contributed by atoms with Gasteiger partial charge in [0.05, 0.1) is 23.5 Å². The van der Waals surface area contributed by atoms with Gasteiger partial charge in [0.2, 0.25) is 0 Å². The quantitative estimate of drug-likeness (QED) is 0.458. The second-order valence-corrected chi connectivity index (χ2v) is 6.50. The Balaban J connectivity index is 1.95. The molecule has 0 radical (unpaired) electrons. The molecule has 112 valence electrons. The summed E-state index contributed by atoms with van der Waals surface area (Å²) in [6.07, 6.45) is 1.53. The molecule has 0 aliphatic heterocycles. The highest BCUT2D eigenvalue weighted by molar-refractivity contribution is 7.91. The summed E-state index contributed by atoms with van der Waals surface area (Å²) in [6.45, 7) is 0.295. The average Bonchev–Trinajstić information content (AvgIpc) is 2.97. The number of hydrogen-bond acceptors (Lipinski definition) is 5. The second-order valence-electron chi connectivity index (χ2n) is 4.39. The van der Waals surface area contributed by atoms with E-state index in [1.165, 1.54) is 18.4 Å². The molecule has 0 aliphatic carbocycles. The number of ether oxygens (including phenoxy) is 1. The molecule has 2 rings (SSSR count). The van der Waals surface area contributed by atoms with Crippen molar-refractivity contribution in [2.45, 2.75) is 11.5 Å². The molecule has 0 bridgehead atoms. The molecule has 0 spiro atoms. The van der Waals surface area contributed by atoms with Crippen LogP contribution in [0, 0.1) is 5.41 Å². The van der Waals surface area contributed by atoms with Crippen molar-refractivity contribution in [1.29, 1.82) is 5.41 Å². The van der Waals surface area contributed by atoms with E-state index in [1.54, 1.807) is 24.3 Å². The number of nitrogens with two attached hydrogens (primary N) is 1. The van der Waals surface area contributed by atoms with Crippen molar-refractivity contribution in [1.82, 2.24) is 0 Å². The lowest BCUT2D eigenvalue weighted by atomic mass is 10.2. The monoisotopic (exact) mass is 308 g/mol. The Morgan fingerprint density at radius 3 is 2.76 bits per heavy atom.